The minimum absolute atomic E-state index is 0.0809. The second-order valence-corrected chi connectivity index (χ2v) is 11.8. The van der Waals surface area contributed by atoms with E-state index in [1.165, 1.54) is 19.1 Å². The van der Waals surface area contributed by atoms with E-state index in [0.717, 1.165) is 16.3 Å². The summed E-state index contributed by atoms with van der Waals surface area (Å²) in [6, 6.07) is 17.6. The molecule has 8 nitrogen and oxygen atoms in total. The summed E-state index contributed by atoms with van der Waals surface area (Å²) in [6.45, 7) is 6.65. The molecule has 182 valence electrons. The van der Waals surface area contributed by atoms with E-state index in [-0.39, 0.29) is 16.7 Å². The number of esters is 1. The van der Waals surface area contributed by atoms with Gasteiger partial charge >= 0.3 is 13.5 Å². The molecule has 0 aromatic heterocycles. The van der Waals surface area contributed by atoms with Gasteiger partial charge in [-0.15, -0.1) is 0 Å². The molecule has 34 heavy (non-hydrogen) atoms. The lowest BCUT2D eigenvalue weighted by Gasteiger charge is -2.24. The van der Waals surface area contributed by atoms with Crippen molar-refractivity contribution in [1.82, 2.24) is 5.09 Å². The second-order valence-electron chi connectivity index (χ2n) is 8.12. The smallest absolute Gasteiger partial charge is 0.344 e. The largest absolute Gasteiger partial charge is 0.462 e. The molecule has 10 heteroatoms. The van der Waals surface area contributed by atoms with Crippen LogP contribution in [0.3, 0.4) is 0 Å². The first-order valence-electron chi connectivity index (χ1n) is 10.7. The fraction of sp³-hybridized carbons (Fsp3) is 0.292. The van der Waals surface area contributed by atoms with Gasteiger partial charge < -0.3 is 9.26 Å². The van der Waals surface area contributed by atoms with Crippen LogP contribution in [0.1, 0.15) is 26.3 Å². The van der Waals surface area contributed by atoms with Crippen molar-refractivity contribution in [2.45, 2.75) is 44.7 Å². The van der Waals surface area contributed by atoms with Crippen molar-refractivity contribution < 1.29 is 31.2 Å². The molecule has 0 spiro atoms. The Kier molecular flexibility index (Phi) is 8.15. The highest BCUT2D eigenvalue weighted by Gasteiger charge is 2.33. The molecule has 0 bridgehead atoms. The number of aryl methyl sites for hydroxylation is 1. The lowest BCUT2D eigenvalue weighted by molar-refractivity contribution is -0.149. The van der Waals surface area contributed by atoms with Crippen molar-refractivity contribution in [3.8, 4) is 5.75 Å². The molecule has 0 saturated heterocycles. The lowest BCUT2D eigenvalue weighted by atomic mass is 10.1. The van der Waals surface area contributed by atoms with Crippen molar-refractivity contribution in [3.63, 3.8) is 0 Å². The molecule has 0 heterocycles. The van der Waals surface area contributed by atoms with Crippen LogP contribution >= 0.6 is 7.52 Å². The van der Waals surface area contributed by atoms with Crippen LogP contribution in [-0.4, -0.2) is 32.9 Å². The number of carbonyl (C=O) groups excluding carboxylic acids is 1. The van der Waals surface area contributed by atoms with Crippen molar-refractivity contribution >= 4 is 34.4 Å². The summed E-state index contributed by atoms with van der Waals surface area (Å²) in [7, 11) is -8.27. The van der Waals surface area contributed by atoms with Crippen molar-refractivity contribution in [1.29, 1.82) is 0 Å². The lowest BCUT2D eigenvalue weighted by Crippen LogP contribution is -2.36. The maximum absolute atomic E-state index is 13.7. The van der Waals surface area contributed by atoms with Crippen LogP contribution in [0.2, 0.25) is 0 Å². The quantitative estimate of drug-likeness (QED) is 0.233. The first-order chi connectivity index (χ1) is 16.0. The Labute approximate surface area is 199 Å². The summed E-state index contributed by atoms with van der Waals surface area (Å²) in [6.07, 6.45) is -1.20. The van der Waals surface area contributed by atoms with Crippen LogP contribution in [0.5, 0.6) is 5.75 Å². The first-order valence-corrected chi connectivity index (χ1v) is 13.9. The average Bonchev–Trinajstić information content (AvgIpc) is 2.77. The summed E-state index contributed by atoms with van der Waals surface area (Å²) < 4.78 is 55.0. The molecule has 0 aliphatic carbocycles. The van der Waals surface area contributed by atoms with Crippen LogP contribution in [0.25, 0.3) is 10.8 Å². The number of nitrogens with one attached hydrogen (secondary N) is 1. The van der Waals surface area contributed by atoms with E-state index in [1.54, 1.807) is 44.2 Å². The normalized spacial score (nSPS) is 14.5. The highest BCUT2D eigenvalue weighted by Crippen LogP contribution is 2.45. The van der Waals surface area contributed by atoms with E-state index in [1.807, 2.05) is 31.2 Å². The van der Waals surface area contributed by atoms with Gasteiger partial charge in [-0.1, -0.05) is 48.0 Å². The molecular formula is C24H28NO7PS. The highest BCUT2D eigenvalue weighted by molar-refractivity contribution is 7.87. The number of hydrogen-bond donors (Lipinski definition) is 1. The Morgan fingerprint density at radius 2 is 1.62 bits per heavy atom. The van der Waals surface area contributed by atoms with Crippen molar-refractivity contribution in [3.05, 3.63) is 72.3 Å². The van der Waals surface area contributed by atoms with Gasteiger partial charge in [0.25, 0.3) is 10.1 Å². The molecule has 0 radical (unpaired) electrons. The molecule has 3 aromatic rings. The topological polar surface area (TPSA) is 108 Å². The van der Waals surface area contributed by atoms with E-state index in [9.17, 15) is 17.8 Å². The van der Waals surface area contributed by atoms with Gasteiger partial charge in [-0.2, -0.15) is 8.42 Å². The van der Waals surface area contributed by atoms with Crippen molar-refractivity contribution in [2.24, 2.45) is 0 Å². The molecule has 3 rings (SSSR count). The minimum Gasteiger partial charge on any atom is -0.462 e. The van der Waals surface area contributed by atoms with Gasteiger partial charge in [-0.3, -0.25) is 13.5 Å². The predicted molar refractivity (Wildman–Crippen MR) is 130 cm³/mol. The zero-order valence-electron chi connectivity index (χ0n) is 19.4. The van der Waals surface area contributed by atoms with E-state index in [0.29, 0.717) is 0 Å². The number of fused-ring (bicyclic) bond motifs is 1. The molecule has 0 aliphatic heterocycles. The number of rotatable bonds is 10. The number of benzene rings is 3. The maximum Gasteiger partial charge on any atom is 0.344 e. The van der Waals surface area contributed by atoms with E-state index in [2.05, 4.69) is 5.09 Å². The molecule has 0 aliphatic rings. The molecule has 0 amide bonds. The highest BCUT2D eigenvalue weighted by atomic mass is 32.2. The predicted octanol–water partition coefficient (Wildman–Crippen LogP) is 5.01. The average molecular weight is 506 g/mol. The SMILES string of the molecule is Cc1ccc(S(=O)(=O)OCP(=O)(N[C@@H](C)C(=O)OC(C)C)Oc2ccc3ccccc3c2)cc1. The van der Waals surface area contributed by atoms with E-state index >= 15 is 0 Å². The zero-order chi connectivity index (χ0) is 24.9. The monoisotopic (exact) mass is 505 g/mol. The number of ether oxygens (including phenoxy) is 1. The van der Waals surface area contributed by atoms with E-state index in [4.69, 9.17) is 13.4 Å². The molecule has 1 N–H and O–H groups in total. The molecule has 2 atom stereocenters. The Balaban J connectivity index is 1.86. The van der Waals surface area contributed by atoms with Gasteiger partial charge in [0, 0.05) is 0 Å². The first kappa shape index (κ1) is 25.9. The third-order valence-corrected chi connectivity index (χ3v) is 7.96. The molecule has 3 aromatic carbocycles. The fourth-order valence-electron chi connectivity index (χ4n) is 3.08. The van der Waals surface area contributed by atoms with Crippen LogP contribution in [-0.2, 0) is 28.4 Å². The van der Waals surface area contributed by atoms with Crippen LogP contribution < -0.4 is 9.61 Å². The molecule has 0 fully saturated rings. The fourth-order valence-corrected chi connectivity index (χ4v) is 6.12. The Hall–Kier alpha value is -2.71. The summed E-state index contributed by atoms with van der Waals surface area (Å²) in [5, 5.41) is 4.39. The zero-order valence-corrected chi connectivity index (χ0v) is 21.1. The van der Waals surface area contributed by atoms with Crippen molar-refractivity contribution in [2.75, 3.05) is 6.35 Å². The summed E-state index contributed by atoms with van der Waals surface area (Å²) in [5.74, 6) is -0.422. The number of carbonyl (C=O) groups is 1. The van der Waals surface area contributed by atoms with Crippen LogP contribution in [0, 0.1) is 6.92 Å². The van der Waals surface area contributed by atoms with Gasteiger partial charge in [0.05, 0.1) is 11.0 Å². The van der Waals surface area contributed by atoms with Gasteiger partial charge in [0.15, 0.2) is 6.35 Å². The second kappa shape index (κ2) is 10.7. The van der Waals surface area contributed by atoms with Crippen LogP contribution in [0.15, 0.2) is 71.6 Å². The standard InChI is InChI=1S/C24H28NO7PS/c1-17(2)31-24(26)19(4)25-33(27,16-30-34(28,29)23-13-9-18(3)10-14-23)32-22-12-11-20-7-5-6-8-21(20)15-22/h5-15,17,19H,16H2,1-4H3,(H,25,27)/t19-,33?/m0/s1. The summed E-state index contributed by atoms with van der Waals surface area (Å²) in [4.78, 5) is 12.2. The number of hydrogen-bond acceptors (Lipinski definition) is 7. The summed E-state index contributed by atoms with van der Waals surface area (Å²) in [5.41, 5.74) is 0.878. The Morgan fingerprint density at radius 1 is 0.971 bits per heavy atom. The Bertz CT molecular complexity index is 1310. The van der Waals surface area contributed by atoms with Crippen LogP contribution in [0.4, 0.5) is 0 Å². The third kappa shape index (κ3) is 6.90. The Morgan fingerprint density at radius 3 is 2.26 bits per heavy atom. The summed E-state index contributed by atoms with van der Waals surface area (Å²) >= 11 is 0. The third-order valence-electron chi connectivity index (χ3n) is 4.76. The molecule has 1 unspecified atom stereocenters. The minimum atomic E-state index is -4.22. The van der Waals surface area contributed by atoms with Gasteiger partial charge in [0.1, 0.15) is 11.8 Å². The van der Waals surface area contributed by atoms with Gasteiger partial charge in [-0.25, -0.2) is 5.09 Å². The van der Waals surface area contributed by atoms with Gasteiger partial charge in [-0.05, 0) is 62.7 Å². The maximum atomic E-state index is 13.7. The van der Waals surface area contributed by atoms with Gasteiger partial charge in [0.2, 0.25) is 0 Å². The van der Waals surface area contributed by atoms with E-state index < -0.39 is 36.0 Å². The molecular weight excluding hydrogens is 477 g/mol. The molecule has 0 saturated carbocycles.